The van der Waals surface area contributed by atoms with Gasteiger partial charge in [0.15, 0.2) is 0 Å². The molecule has 108 valence electrons. The summed E-state index contributed by atoms with van der Waals surface area (Å²) in [6.07, 6.45) is 0. The predicted molar refractivity (Wildman–Crippen MR) is 73.8 cm³/mol. The Morgan fingerprint density at radius 2 is 1.71 bits per heavy atom. The zero-order chi connectivity index (χ0) is 15.2. The van der Waals surface area contributed by atoms with Crippen LogP contribution in [0.2, 0.25) is 0 Å². The van der Waals surface area contributed by atoms with Gasteiger partial charge in [0.25, 0.3) is 5.91 Å². The van der Waals surface area contributed by atoms with E-state index >= 15 is 0 Å². The second-order valence-electron chi connectivity index (χ2n) is 4.22. The minimum absolute atomic E-state index is 0.269. The van der Waals surface area contributed by atoms with Gasteiger partial charge in [-0.3, -0.25) is 9.59 Å². The molecule has 0 fully saturated rings. The SMILES string of the molecule is O=C(CNC(=O)c1ccccc1)Nc1cc(F)ccc1F. The van der Waals surface area contributed by atoms with Crippen LogP contribution >= 0.6 is 0 Å². The van der Waals surface area contributed by atoms with E-state index in [0.717, 1.165) is 18.2 Å². The molecule has 2 amide bonds. The van der Waals surface area contributed by atoms with E-state index in [1.165, 1.54) is 0 Å². The summed E-state index contributed by atoms with van der Waals surface area (Å²) in [5, 5.41) is 4.58. The first-order chi connectivity index (χ1) is 10.1. The van der Waals surface area contributed by atoms with Gasteiger partial charge in [0.2, 0.25) is 5.91 Å². The van der Waals surface area contributed by atoms with Gasteiger partial charge in [-0.1, -0.05) is 18.2 Å². The van der Waals surface area contributed by atoms with E-state index in [2.05, 4.69) is 10.6 Å². The van der Waals surface area contributed by atoms with E-state index in [0.29, 0.717) is 5.56 Å². The average molecular weight is 290 g/mol. The molecule has 0 spiro atoms. The van der Waals surface area contributed by atoms with E-state index in [1.807, 2.05) is 0 Å². The molecule has 2 aromatic rings. The summed E-state index contributed by atoms with van der Waals surface area (Å²) in [7, 11) is 0. The van der Waals surface area contributed by atoms with E-state index in [4.69, 9.17) is 0 Å². The van der Waals surface area contributed by atoms with Crippen molar-refractivity contribution in [1.82, 2.24) is 5.32 Å². The number of amides is 2. The van der Waals surface area contributed by atoms with Crippen LogP contribution in [0.25, 0.3) is 0 Å². The molecule has 0 aromatic heterocycles. The molecule has 0 aliphatic rings. The fourth-order valence-electron chi connectivity index (χ4n) is 1.64. The third-order valence-corrected chi connectivity index (χ3v) is 2.65. The smallest absolute Gasteiger partial charge is 0.251 e. The molecular formula is C15H12F2N2O2. The first-order valence-electron chi connectivity index (χ1n) is 6.14. The maximum absolute atomic E-state index is 13.3. The van der Waals surface area contributed by atoms with Crippen LogP contribution in [0.4, 0.5) is 14.5 Å². The molecule has 2 N–H and O–H groups in total. The van der Waals surface area contributed by atoms with Gasteiger partial charge in [-0.15, -0.1) is 0 Å². The molecule has 2 aromatic carbocycles. The minimum Gasteiger partial charge on any atom is -0.343 e. The summed E-state index contributed by atoms with van der Waals surface area (Å²) >= 11 is 0. The van der Waals surface area contributed by atoms with Crippen molar-refractivity contribution < 1.29 is 18.4 Å². The van der Waals surface area contributed by atoms with Gasteiger partial charge in [0.05, 0.1) is 12.2 Å². The van der Waals surface area contributed by atoms with Gasteiger partial charge in [-0.25, -0.2) is 8.78 Å². The minimum atomic E-state index is -0.751. The van der Waals surface area contributed by atoms with Crippen LogP contribution in [-0.4, -0.2) is 18.4 Å². The van der Waals surface area contributed by atoms with Gasteiger partial charge in [-0.05, 0) is 24.3 Å². The number of nitrogens with one attached hydrogen (secondary N) is 2. The van der Waals surface area contributed by atoms with E-state index in [9.17, 15) is 18.4 Å². The first kappa shape index (κ1) is 14.6. The largest absolute Gasteiger partial charge is 0.343 e. The second-order valence-corrected chi connectivity index (χ2v) is 4.22. The van der Waals surface area contributed by atoms with E-state index in [1.54, 1.807) is 30.3 Å². The Morgan fingerprint density at radius 3 is 2.43 bits per heavy atom. The summed E-state index contributed by atoms with van der Waals surface area (Å²) in [6, 6.07) is 11.1. The van der Waals surface area contributed by atoms with Gasteiger partial charge < -0.3 is 10.6 Å². The zero-order valence-electron chi connectivity index (χ0n) is 10.9. The highest BCUT2D eigenvalue weighted by molar-refractivity contribution is 5.99. The topological polar surface area (TPSA) is 58.2 Å². The van der Waals surface area contributed by atoms with Crippen molar-refractivity contribution in [3.05, 3.63) is 65.7 Å². The third-order valence-electron chi connectivity index (χ3n) is 2.65. The number of halogens is 2. The van der Waals surface area contributed by atoms with Gasteiger partial charge >= 0.3 is 0 Å². The Morgan fingerprint density at radius 1 is 1.00 bits per heavy atom. The molecule has 0 bridgehead atoms. The van der Waals surface area contributed by atoms with E-state index in [-0.39, 0.29) is 12.2 Å². The highest BCUT2D eigenvalue weighted by Gasteiger charge is 2.10. The van der Waals surface area contributed by atoms with Crippen molar-refractivity contribution in [3.8, 4) is 0 Å². The molecule has 0 unspecified atom stereocenters. The molecular weight excluding hydrogens is 278 g/mol. The number of hydrogen-bond donors (Lipinski definition) is 2. The molecule has 2 rings (SSSR count). The van der Waals surface area contributed by atoms with Crippen molar-refractivity contribution in [3.63, 3.8) is 0 Å². The van der Waals surface area contributed by atoms with Crippen LogP contribution in [-0.2, 0) is 4.79 Å². The number of carbonyl (C=O) groups is 2. The lowest BCUT2D eigenvalue weighted by atomic mass is 10.2. The fourth-order valence-corrected chi connectivity index (χ4v) is 1.64. The summed E-state index contributed by atoms with van der Waals surface area (Å²) < 4.78 is 26.3. The van der Waals surface area contributed by atoms with Crippen LogP contribution < -0.4 is 10.6 Å². The van der Waals surface area contributed by atoms with Crippen LogP contribution in [0.5, 0.6) is 0 Å². The summed E-state index contributed by atoms with van der Waals surface area (Å²) in [5.74, 6) is -2.49. The molecule has 21 heavy (non-hydrogen) atoms. The Bertz CT molecular complexity index is 660. The molecule has 0 aliphatic heterocycles. The van der Waals surface area contributed by atoms with Gasteiger partial charge in [-0.2, -0.15) is 0 Å². The first-order valence-corrected chi connectivity index (χ1v) is 6.14. The lowest BCUT2D eigenvalue weighted by Crippen LogP contribution is -2.33. The van der Waals surface area contributed by atoms with Crippen molar-refractivity contribution in [1.29, 1.82) is 0 Å². The summed E-state index contributed by atoms with van der Waals surface area (Å²) in [6.45, 7) is -0.344. The molecule has 0 heterocycles. The maximum Gasteiger partial charge on any atom is 0.251 e. The molecule has 4 nitrogen and oxygen atoms in total. The predicted octanol–water partition coefficient (Wildman–Crippen LogP) is 2.33. The zero-order valence-corrected chi connectivity index (χ0v) is 10.9. The number of rotatable bonds is 4. The molecule has 0 aliphatic carbocycles. The number of hydrogen-bond acceptors (Lipinski definition) is 2. The quantitative estimate of drug-likeness (QED) is 0.908. The number of benzene rings is 2. The molecule has 0 saturated carbocycles. The summed E-state index contributed by atoms with van der Waals surface area (Å²) in [5.41, 5.74) is 0.135. The second kappa shape index (κ2) is 6.60. The van der Waals surface area contributed by atoms with Crippen molar-refractivity contribution in [2.45, 2.75) is 0 Å². The average Bonchev–Trinajstić information content (AvgIpc) is 2.49. The van der Waals surface area contributed by atoms with Gasteiger partial charge in [0.1, 0.15) is 11.6 Å². The molecule has 0 radical (unpaired) electrons. The fraction of sp³-hybridized carbons (Fsp3) is 0.0667. The lowest BCUT2D eigenvalue weighted by molar-refractivity contribution is -0.115. The Balaban J connectivity index is 1.91. The van der Waals surface area contributed by atoms with Crippen molar-refractivity contribution >= 4 is 17.5 Å². The molecule has 0 saturated heterocycles. The van der Waals surface area contributed by atoms with Crippen molar-refractivity contribution in [2.75, 3.05) is 11.9 Å². The standard InChI is InChI=1S/C15H12F2N2O2/c16-11-6-7-12(17)13(8-11)19-14(20)9-18-15(21)10-4-2-1-3-5-10/h1-8H,9H2,(H,18,21)(H,19,20). The molecule has 6 heteroatoms. The van der Waals surface area contributed by atoms with Crippen molar-refractivity contribution in [2.24, 2.45) is 0 Å². The Hall–Kier alpha value is -2.76. The van der Waals surface area contributed by atoms with Gasteiger partial charge in [0, 0.05) is 11.6 Å². The van der Waals surface area contributed by atoms with Crippen LogP contribution in [0, 0.1) is 11.6 Å². The highest BCUT2D eigenvalue weighted by atomic mass is 19.1. The Kier molecular flexibility index (Phi) is 4.61. The highest BCUT2D eigenvalue weighted by Crippen LogP contribution is 2.14. The number of anilines is 1. The lowest BCUT2D eigenvalue weighted by Gasteiger charge is -2.08. The maximum atomic E-state index is 13.3. The van der Waals surface area contributed by atoms with Crippen LogP contribution in [0.3, 0.4) is 0 Å². The molecule has 0 atom stereocenters. The Labute approximate surface area is 119 Å². The normalized spacial score (nSPS) is 10.0. The van der Waals surface area contributed by atoms with Crippen LogP contribution in [0.15, 0.2) is 48.5 Å². The monoisotopic (exact) mass is 290 g/mol. The third kappa shape index (κ3) is 4.10. The van der Waals surface area contributed by atoms with E-state index < -0.39 is 23.4 Å². The summed E-state index contributed by atoms with van der Waals surface area (Å²) in [4.78, 5) is 23.3. The van der Waals surface area contributed by atoms with Crippen LogP contribution in [0.1, 0.15) is 10.4 Å². The number of carbonyl (C=O) groups excluding carboxylic acids is 2.